The van der Waals surface area contributed by atoms with Gasteiger partial charge in [0.15, 0.2) is 16.6 Å². The first-order valence-electron chi connectivity index (χ1n) is 10.7. The highest BCUT2D eigenvalue weighted by Crippen LogP contribution is 2.38. The smallest absolute Gasteiger partial charge is 0.293 e. The highest BCUT2D eigenvalue weighted by atomic mass is 16.3. The molecule has 0 saturated carbocycles. The van der Waals surface area contributed by atoms with Gasteiger partial charge in [0, 0.05) is 16.5 Å². The van der Waals surface area contributed by atoms with E-state index in [4.69, 9.17) is 9.40 Å². The van der Waals surface area contributed by atoms with Crippen LogP contribution in [0.1, 0.15) is 50.9 Å². The summed E-state index contributed by atoms with van der Waals surface area (Å²) >= 11 is 0. The topological polar surface area (TPSA) is 34.8 Å². The standard InChI is InChI=1S/C26H28N3O/c1-15(2)20-14-13-19-18-12-11-17(5)23(24(18)30-25(19)27-20)26-28(6)21-9-7-8-10-22(21)29(26)16(3)4/h7-16H,1-6H3/q+1. The fraction of sp³-hybridized carbons (Fsp3) is 0.308. The van der Waals surface area contributed by atoms with Gasteiger partial charge in [-0.2, -0.15) is 0 Å². The van der Waals surface area contributed by atoms with Crippen molar-refractivity contribution >= 4 is 33.1 Å². The van der Waals surface area contributed by atoms with Crippen molar-refractivity contribution in [3.63, 3.8) is 0 Å². The van der Waals surface area contributed by atoms with Crippen LogP contribution in [0.3, 0.4) is 0 Å². The van der Waals surface area contributed by atoms with Crippen LogP contribution in [0.15, 0.2) is 52.9 Å². The Morgan fingerprint density at radius 1 is 0.933 bits per heavy atom. The highest BCUT2D eigenvalue weighted by Gasteiger charge is 2.30. The molecule has 5 aromatic rings. The number of aryl methyl sites for hydroxylation is 2. The van der Waals surface area contributed by atoms with Crippen molar-refractivity contribution in [3.8, 4) is 11.4 Å². The summed E-state index contributed by atoms with van der Waals surface area (Å²) in [6, 6.07) is 17.5. The summed E-state index contributed by atoms with van der Waals surface area (Å²) in [6.07, 6.45) is 0. The molecule has 4 nitrogen and oxygen atoms in total. The normalized spacial score (nSPS) is 12.3. The van der Waals surface area contributed by atoms with Gasteiger partial charge in [-0.05, 0) is 56.5 Å². The molecule has 30 heavy (non-hydrogen) atoms. The Morgan fingerprint density at radius 3 is 2.40 bits per heavy atom. The molecule has 0 aliphatic rings. The van der Waals surface area contributed by atoms with Gasteiger partial charge in [-0.25, -0.2) is 14.1 Å². The lowest BCUT2D eigenvalue weighted by Gasteiger charge is -2.09. The Morgan fingerprint density at radius 2 is 1.67 bits per heavy atom. The summed E-state index contributed by atoms with van der Waals surface area (Å²) in [6.45, 7) is 11.0. The molecule has 3 heterocycles. The first-order valence-corrected chi connectivity index (χ1v) is 10.7. The lowest BCUT2D eigenvalue weighted by Crippen LogP contribution is -2.30. The van der Waals surface area contributed by atoms with Crippen LogP contribution < -0.4 is 4.57 Å². The summed E-state index contributed by atoms with van der Waals surface area (Å²) in [4.78, 5) is 4.82. The van der Waals surface area contributed by atoms with E-state index in [0.29, 0.717) is 12.0 Å². The zero-order valence-electron chi connectivity index (χ0n) is 18.5. The van der Waals surface area contributed by atoms with Gasteiger partial charge in [-0.3, -0.25) is 0 Å². The molecule has 0 unspecified atom stereocenters. The summed E-state index contributed by atoms with van der Waals surface area (Å²) < 4.78 is 11.2. The molecule has 0 spiro atoms. The van der Waals surface area contributed by atoms with Crippen molar-refractivity contribution in [2.45, 2.75) is 46.6 Å². The number of rotatable bonds is 3. The van der Waals surface area contributed by atoms with Crippen LogP contribution in [0, 0.1) is 6.92 Å². The van der Waals surface area contributed by atoms with Crippen molar-refractivity contribution in [1.82, 2.24) is 9.55 Å². The number of para-hydroxylation sites is 2. The van der Waals surface area contributed by atoms with E-state index in [1.54, 1.807) is 0 Å². The number of pyridine rings is 1. The molecule has 152 valence electrons. The molecule has 5 rings (SSSR count). The third-order valence-electron chi connectivity index (χ3n) is 6.12. The van der Waals surface area contributed by atoms with E-state index in [1.165, 1.54) is 16.6 Å². The highest BCUT2D eigenvalue weighted by molar-refractivity contribution is 6.08. The summed E-state index contributed by atoms with van der Waals surface area (Å²) in [5.74, 6) is 1.53. The van der Waals surface area contributed by atoms with Crippen LogP contribution in [-0.2, 0) is 7.05 Å². The third kappa shape index (κ3) is 2.59. The molecule has 2 aromatic carbocycles. The molecule has 0 fully saturated rings. The molecular weight excluding hydrogens is 370 g/mol. The number of imidazole rings is 1. The molecule has 4 heteroatoms. The van der Waals surface area contributed by atoms with Crippen LogP contribution in [0.2, 0.25) is 0 Å². The minimum atomic E-state index is 0.316. The van der Waals surface area contributed by atoms with E-state index in [9.17, 15) is 0 Å². The minimum Gasteiger partial charge on any atom is -0.437 e. The quantitative estimate of drug-likeness (QED) is 0.328. The van der Waals surface area contributed by atoms with Gasteiger partial charge in [0.2, 0.25) is 5.71 Å². The van der Waals surface area contributed by atoms with Crippen molar-refractivity contribution in [2.24, 2.45) is 7.05 Å². The van der Waals surface area contributed by atoms with Gasteiger partial charge in [-0.15, -0.1) is 0 Å². The van der Waals surface area contributed by atoms with E-state index < -0.39 is 0 Å². The van der Waals surface area contributed by atoms with Crippen molar-refractivity contribution < 1.29 is 8.98 Å². The summed E-state index contributed by atoms with van der Waals surface area (Å²) in [5.41, 5.74) is 7.49. The largest absolute Gasteiger partial charge is 0.437 e. The second-order valence-electron chi connectivity index (χ2n) is 8.81. The Bertz CT molecular complexity index is 1420. The lowest BCUT2D eigenvalue weighted by atomic mass is 10.0. The maximum atomic E-state index is 6.46. The second-order valence-corrected chi connectivity index (χ2v) is 8.81. The van der Waals surface area contributed by atoms with Crippen molar-refractivity contribution in [2.75, 3.05) is 0 Å². The fourth-order valence-electron chi connectivity index (χ4n) is 4.59. The second kappa shape index (κ2) is 6.69. The first kappa shape index (κ1) is 18.9. The molecule has 3 aromatic heterocycles. The van der Waals surface area contributed by atoms with Gasteiger partial charge >= 0.3 is 0 Å². The van der Waals surface area contributed by atoms with E-state index in [-0.39, 0.29) is 0 Å². The van der Waals surface area contributed by atoms with E-state index in [0.717, 1.165) is 39.2 Å². The van der Waals surface area contributed by atoms with Crippen LogP contribution in [0.4, 0.5) is 0 Å². The predicted octanol–water partition coefficient (Wildman–Crippen LogP) is 6.44. The molecule has 0 aliphatic carbocycles. The van der Waals surface area contributed by atoms with Gasteiger partial charge in [0.25, 0.3) is 5.82 Å². The van der Waals surface area contributed by atoms with Gasteiger partial charge in [0.1, 0.15) is 5.56 Å². The van der Waals surface area contributed by atoms with Gasteiger partial charge in [0.05, 0.1) is 13.1 Å². The number of hydrogen-bond donors (Lipinski definition) is 0. The molecule has 0 bridgehead atoms. The van der Waals surface area contributed by atoms with Crippen LogP contribution in [0.25, 0.3) is 44.5 Å². The number of benzene rings is 2. The van der Waals surface area contributed by atoms with Gasteiger partial charge < -0.3 is 4.42 Å². The number of fused-ring (bicyclic) bond motifs is 4. The molecule has 0 aliphatic heterocycles. The van der Waals surface area contributed by atoms with Gasteiger partial charge in [-0.1, -0.05) is 38.1 Å². The molecule has 0 atom stereocenters. The zero-order chi connectivity index (χ0) is 21.2. The number of hydrogen-bond acceptors (Lipinski definition) is 2. The Kier molecular flexibility index (Phi) is 4.21. The Labute approximate surface area is 176 Å². The SMILES string of the molecule is Cc1ccc2c(oc3nc(C(C)C)ccc32)c1-c1n(C(C)C)c2ccccc2[n+]1C. The molecule has 0 N–H and O–H groups in total. The average molecular weight is 399 g/mol. The third-order valence-corrected chi connectivity index (χ3v) is 6.12. The Hall–Kier alpha value is -3.14. The minimum absolute atomic E-state index is 0.316. The Balaban J connectivity index is 1.92. The summed E-state index contributed by atoms with van der Waals surface area (Å²) in [7, 11) is 2.15. The average Bonchev–Trinajstić information content (AvgIpc) is 3.23. The fourth-order valence-corrected chi connectivity index (χ4v) is 4.59. The zero-order valence-corrected chi connectivity index (χ0v) is 18.5. The maximum Gasteiger partial charge on any atom is 0.293 e. The molecule has 0 amide bonds. The monoisotopic (exact) mass is 398 g/mol. The molecule has 0 radical (unpaired) electrons. The molecule has 0 saturated heterocycles. The van der Waals surface area contributed by atoms with E-state index in [2.05, 4.69) is 99.3 Å². The first-order chi connectivity index (χ1) is 14.4. The number of aromatic nitrogens is 3. The number of furan rings is 1. The van der Waals surface area contributed by atoms with Crippen LogP contribution in [0.5, 0.6) is 0 Å². The number of nitrogens with zero attached hydrogens (tertiary/aromatic N) is 3. The van der Waals surface area contributed by atoms with Crippen molar-refractivity contribution in [3.05, 3.63) is 59.8 Å². The van der Waals surface area contributed by atoms with Crippen LogP contribution in [-0.4, -0.2) is 9.55 Å². The molecular formula is C26H28N3O+. The van der Waals surface area contributed by atoms with Crippen LogP contribution >= 0.6 is 0 Å². The lowest BCUT2D eigenvalue weighted by molar-refractivity contribution is -0.634. The summed E-state index contributed by atoms with van der Waals surface area (Å²) in [5, 5.41) is 2.19. The van der Waals surface area contributed by atoms with Crippen molar-refractivity contribution in [1.29, 1.82) is 0 Å². The van der Waals surface area contributed by atoms with E-state index >= 15 is 0 Å². The maximum absolute atomic E-state index is 6.46. The predicted molar refractivity (Wildman–Crippen MR) is 123 cm³/mol. The van der Waals surface area contributed by atoms with E-state index in [1.807, 2.05) is 0 Å².